The van der Waals surface area contributed by atoms with Gasteiger partial charge in [0, 0.05) is 24.7 Å². The average molecular weight is 394 g/mol. The lowest BCUT2D eigenvalue weighted by molar-refractivity contribution is 0.0952. The topological polar surface area (TPSA) is 69.6 Å². The molecule has 1 heterocycles. The Balaban J connectivity index is 1.78. The summed E-state index contributed by atoms with van der Waals surface area (Å²) in [6.07, 6.45) is 2.26. The van der Waals surface area contributed by atoms with Crippen LogP contribution in [0.1, 0.15) is 28.4 Å². The van der Waals surface area contributed by atoms with E-state index in [1.165, 1.54) is 0 Å². The molecule has 0 aliphatic heterocycles. The highest BCUT2D eigenvalue weighted by Gasteiger charge is 2.15. The van der Waals surface area contributed by atoms with Crippen LogP contribution in [0.3, 0.4) is 0 Å². The first-order valence-corrected chi connectivity index (χ1v) is 9.61. The van der Waals surface area contributed by atoms with E-state index in [0.717, 1.165) is 16.6 Å². The zero-order chi connectivity index (χ0) is 21.0. The number of nitrogens with one attached hydrogen (secondary N) is 1. The Labute approximate surface area is 170 Å². The quantitative estimate of drug-likeness (QED) is 0.667. The van der Waals surface area contributed by atoms with E-state index in [0.29, 0.717) is 36.4 Å². The molecule has 0 radical (unpaired) electrons. The van der Waals surface area contributed by atoms with Crippen molar-refractivity contribution in [1.82, 2.24) is 9.88 Å². The Hall–Kier alpha value is -3.28. The van der Waals surface area contributed by atoms with Crippen LogP contribution in [0, 0.1) is 6.92 Å². The standard InChI is InChI=1S/C23H26N2O4/c1-5-25-14-18(22(26)17-12-15(2)6-8-19(17)25)23(27)24-11-10-16-7-9-20(28-3)21(13-16)29-4/h6-9,12-14H,5,10-11H2,1-4H3,(H,24,27). The van der Waals surface area contributed by atoms with Gasteiger partial charge in [0.15, 0.2) is 11.5 Å². The third kappa shape index (κ3) is 4.26. The molecule has 2 aromatic carbocycles. The molecule has 0 spiro atoms. The molecule has 1 aromatic heterocycles. The molecule has 0 atom stereocenters. The van der Waals surface area contributed by atoms with Crippen molar-refractivity contribution in [1.29, 1.82) is 0 Å². The van der Waals surface area contributed by atoms with Crippen LogP contribution >= 0.6 is 0 Å². The van der Waals surface area contributed by atoms with E-state index in [-0.39, 0.29) is 16.9 Å². The number of methoxy groups -OCH3 is 2. The highest BCUT2D eigenvalue weighted by Crippen LogP contribution is 2.27. The molecule has 3 aromatic rings. The minimum absolute atomic E-state index is 0.164. The van der Waals surface area contributed by atoms with Crippen molar-refractivity contribution in [3.8, 4) is 11.5 Å². The molecular formula is C23H26N2O4. The first-order valence-electron chi connectivity index (χ1n) is 9.61. The lowest BCUT2D eigenvalue weighted by atomic mass is 10.1. The van der Waals surface area contributed by atoms with Gasteiger partial charge in [-0.3, -0.25) is 9.59 Å². The van der Waals surface area contributed by atoms with E-state index in [1.807, 2.05) is 54.8 Å². The molecule has 0 aliphatic carbocycles. The minimum Gasteiger partial charge on any atom is -0.493 e. The molecule has 29 heavy (non-hydrogen) atoms. The maximum atomic E-state index is 12.9. The van der Waals surface area contributed by atoms with Crippen LogP contribution in [0.15, 0.2) is 47.4 Å². The van der Waals surface area contributed by atoms with E-state index in [9.17, 15) is 9.59 Å². The molecule has 6 heteroatoms. The van der Waals surface area contributed by atoms with Gasteiger partial charge in [-0.05, 0) is 50.1 Å². The maximum Gasteiger partial charge on any atom is 0.256 e. The fourth-order valence-electron chi connectivity index (χ4n) is 3.39. The number of hydrogen-bond acceptors (Lipinski definition) is 4. The summed E-state index contributed by atoms with van der Waals surface area (Å²) in [5, 5.41) is 3.43. The molecule has 0 bridgehead atoms. The predicted molar refractivity (Wildman–Crippen MR) is 114 cm³/mol. The number of amides is 1. The van der Waals surface area contributed by atoms with E-state index in [1.54, 1.807) is 20.4 Å². The zero-order valence-electron chi connectivity index (χ0n) is 17.2. The van der Waals surface area contributed by atoms with Crippen molar-refractivity contribution in [3.05, 3.63) is 69.5 Å². The SMILES string of the molecule is CCn1cc(C(=O)NCCc2ccc(OC)c(OC)c2)c(=O)c2cc(C)ccc21. The highest BCUT2D eigenvalue weighted by atomic mass is 16.5. The van der Waals surface area contributed by atoms with Gasteiger partial charge < -0.3 is 19.4 Å². The van der Waals surface area contributed by atoms with Gasteiger partial charge in [0.05, 0.1) is 19.7 Å². The van der Waals surface area contributed by atoms with E-state index in [4.69, 9.17) is 9.47 Å². The molecule has 3 rings (SSSR count). The summed E-state index contributed by atoms with van der Waals surface area (Å²) in [5.74, 6) is 0.944. The van der Waals surface area contributed by atoms with Crippen LogP contribution in [0.25, 0.3) is 10.9 Å². The molecule has 152 valence electrons. The van der Waals surface area contributed by atoms with Gasteiger partial charge in [-0.15, -0.1) is 0 Å². The summed E-state index contributed by atoms with van der Waals surface area (Å²) in [6, 6.07) is 11.4. The van der Waals surface area contributed by atoms with Crippen LogP contribution in [-0.4, -0.2) is 31.2 Å². The summed E-state index contributed by atoms with van der Waals surface area (Å²) in [4.78, 5) is 25.6. The average Bonchev–Trinajstić information content (AvgIpc) is 2.74. The molecule has 0 saturated heterocycles. The number of aryl methyl sites for hydroxylation is 2. The van der Waals surface area contributed by atoms with Crippen LogP contribution in [0.5, 0.6) is 11.5 Å². The molecule has 0 fully saturated rings. The van der Waals surface area contributed by atoms with E-state index >= 15 is 0 Å². The monoisotopic (exact) mass is 394 g/mol. The molecule has 1 amide bonds. The number of nitrogens with zero attached hydrogens (tertiary/aromatic N) is 1. The van der Waals surface area contributed by atoms with Crippen molar-refractivity contribution in [2.45, 2.75) is 26.8 Å². The molecule has 6 nitrogen and oxygen atoms in total. The fraction of sp³-hybridized carbons (Fsp3) is 0.304. The second-order valence-electron chi connectivity index (χ2n) is 6.87. The Bertz CT molecular complexity index is 1100. The van der Waals surface area contributed by atoms with Crippen LogP contribution < -0.4 is 20.2 Å². The molecule has 0 aliphatic rings. The van der Waals surface area contributed by atoms with Crippen LogP contribution in [-0.2, 0) is 13.0 Å². The van der Waals surface area contributed by atoms with E-state index < -0.39 is 0 Å². The number of carbonyl (C=O) groups excluding carboxylic acids is 1. The summed E-state index contributed by atoms with van der Waals surface area (Å²) in [6.45, 7) is 5.01. The van der Waals surface area contributed by atoms with Crippen molar-refractivity contribution < 1.29 is 14.3 Å². The van der Waals surface area contributed by atoms with Crippen LogP contribution in [0.2, 0.25) is 0 Å². The lowest BCUT2D eigenvalue weighted by Gasteiger charge is -2.13. The fourth-order valence-corrected chi connectivity index (χ4v) is 3.39. The van der Waals surface area contributed by atoms with Crippen molar-refractivity contribution in [2.75, 3.05) is 20.8 Å². The van der Waals surface area contributed by atoms with Gasteiger partial charge in [-0.25, -0.2) is 0 Å². The number of pyridine rings is 1. The third-order valence-corrected chi connectivity index (χ3v) is 4.97. The summed E-state index contributed by atoms with van der Waals surface area (Å²) in [7, 11) is 3.18. The number of hydrogen-bond donors (Lipinski definition) is 1. The third-order valence-electron chi connectivity index (χ3n) is 4.97. The normalized spacial score (nSPS) is 10.8. The highest BCUT2D eigenvalue weighted by molar-refractivity contribution is 5.97. The lowest BCUT2D eigenvalue weighted by Crippen LogP contribution is -2.31. The summed E-state index contributed by atoms with van der Waals surface area (Å²) < 4.78 is 12.5. The number of fused-ring (bicyclic) bond motifs is 1. The molecule has 0 unspecified atom stereocenters. The minimum atomic E-state index is -0.360. The van der Waals surface area contributed by atoms with Crippen LogP contribution in [0.4, 0.5) is 0 Å². The molecular weight excluding hydrogens is 368 g/mol. The van der Waals surface area contributed by atoms with Gasteiger partial charge in [0.2, 0.25) is 5.43 Å². The number of benzene rings is 2. The Morgan fingerprint density at radius 3 is 2.52 bits per heavy atom. The number of aromatic nitrogens is 1. The summed E-state index contributed by atoms with van der Waals surface area (Å²) in [5.41, 5.74) is 2.76. The van der Waals surface area contributed by atoms with Crippen molar-refractivity contribution in [3.63, 3.8) is 0 Å². The second kappa shape index (κ2) is 8.82. The number of rotatable bonds is 7. The largest absolute Gasteiger partial charge is 0.493 e. The summed E-state index contributed by atoms with van der Waals surface area (Å²) >= 11 is 0. The van der Waals surface area contributed by atoms with Gasteiger partial charge in [0.25, 0.3) is 5.91 Å². The zero-order valence-corrected chi connectivity index (χ0v) is 17.2. The molecule has 0 saturated carbocycles. The first-order chi connectivity index (χ1) is 14.0. The second-order valence-corrected chi connectivity index (χ2v) is 6.87. The Morgan fingerprint density at radius 1 is 1.07 bits per heavy atom. The molecule has 1 N–H and O–H groups in total. The predicted octanol–water partition coefficient (Wildman–Crippen LogP) is 3.32. The van der Waals surface area contributed by atoms with Crippen molar-refractivity contribution >= 4 is 16.8 Å². The Kier molecular flexibility index (Phi) is 6.22. The number of ether oxygens (including phenoxy) is 2. The number of carbonyl (C=O) groups is 1. The smallest absolute Gasteiger partial charge is 0.256 e. The van der Waals surface area contributed by atoms with Gasteiger partial charge in [-0.1, -0.05) is 17.7 Å². The first kappa shape index (κ1) is 20.5. The van der Waals surface area contributed by atoms with Crippen molar-refractivity contribution in [2.24, 2.45) is 0 Å². The van der Waals surface area contributed by atoms with Gasteiger partial charge >= 0.3 is 0 Å². The van der Waals surface area contributed by atoms with Gasteiger partial charge in [-0.2, -0.15) is 0 Å². The van der Waals surface area contributed by atoms with Gasteiger partial charge in [0.1, 0.15) is 5.56 Å². The maximum absolute atomic E-state index is 12.9. The Morgan fingerprint density at radius 2 is 1.83 bits per heavy atom. The van der Waals surface area contributed by atoms with E-state index in [2.05, 4.69) is 5.32 Å².